The highest BCUT2D eigenvalue weighted by Crippen LogP contribution is 2.21. The molecule has 3 atom stereocenters. The molecule has 0 saturated carbocycles. The lowest BCUT2D eigenvalue weighted by molar-refractivity contribution is -0.139. The lowest BCUT2D eigenvalue weighted by atomic mass is 9.99. The van der Waals surface area contributed by atoms with Crippen LogP contribution in [0.15, 0.2) is 60.8 Å². The van der Waals surface area contributed by atoms with Crippen molar-refractivity contribution in [3.05, 3.63) is 77.6 Å². The van der Waals surface area contributed by atoms with E-state index in [4.69, 9.17) is 40.3 Å². The molecule has 0 aliphatic carbocycles. The van der Waals surface area contributed by atoms with Crippen molar-refractivity contribution in [2.24, 2.45) is 22.9 Å². The van der Waals surface area contributed by atoms with Crippen molar-refractivity contribution in [1.82, 2.24) is 40.1 Å². The number of carboxylic acid groups (broad SMARTS) is 2. The first-order chi connectivity index (χ1) is 37.1. The minimum Gasteiger partial charge on any atom is -0.481 e. The number of aliphatic carboxylic acids is 2. The standard InChI is InChI=1S/C54H78N12O11S/c1-37(67)44(18-19-52(73)74)60-54(77)61-45(53(75)76)12-7-8-22-66(32-46-43-11-6-5-9-40(43)20-21-59-46)51(72)13-4-2-3-10-42(78)30-39-16-14-38(15-17-39)29-41-31-64(35-49(57)70)26-25-62(33-47(55)68)23-24-63(34-48(56)69)27-28-65(41)36-50(58)71/h5-6,9,11,14-17,20-21,41,44-45H,2-4,7-8,10,12-13,18-19,22-36H2,1H3,(H2,55,68)(H2,56,69)(H2,57,70)(H2,58,71)(H,73,74)(H,75,76)(H2,60,61,77)/t41?,44-,45-/m1/s1. The zero-order chi connectivity index (χ0) is 57.1. The molecule has 0 radical (unpaired) electrons. The number of ketones is 1. The molecule has 24 heteroatoms. The van der Waals surface area contributed by atoms with Gasteiger partial charge in [0.05, 0.1) is 44.5 Å². The van der Waals surface area contributed by atoms with E-state index in [9.17, 15) is 48.3 Å². The molecule has 3 aromatic rings. The van der Waals surface area contributed by atoms with E-state index in [1.807, 2.05) is 74.2 Å². The summed E-state index contributed by atoms with van der Waals surface area (Å²) in [5.41, 5.74) is 25.3. The van der Waals surface area contributed by atoms with E-state index in [2.05, 4.69) is 15.6 Å². The highest BCUT2D eigenvalue weighted by Gasteiger charge is 2.28. The number of carbonyl (C=O) groups is 9. The summed E-state index contributed by atoms with van der Waals surface area (Å²) in [6, 6.07) is 14.1. The van der Waals surface area contributed by atoms with E-state index in [0.717, 1.165) is 45.3 Å². The molecule has 1 saturated heterocycles. The van der Waals surface area contributed by atoms with E-state index in [1.165, 1.54) is 6.92 Å². The molecule has 12 N–H and O–H groups in total. The Labute approximate surface area is 460 Å². The van der Waals surface area contributed by atoms with Crippen LogP contribution in [0.3, 0.4) is 0 Å². The molecule has 0 spiro atoms. The fourth-order valence-electron chi connectivity index (χ4n) is 9.48. The molecule has 2 heterocycles. The molecule has 1 unspecified atom stereocenters. The number of nitrogens with zero attached hydrogens (tertiary/aromatic N) is 6. The maximum Gasteiger partial charge on any atom is 0.326 e. The van der Waals surface area contributed by atoms with Crippen LogP contribution in [0.1, 0.15) is 88.0 Å². The number of fused-ring (bicyclic) bond motifs is 1. The third-order valence-corrected chi connectivity index (χ3v) is 13.9. The van der Waals surface area contributed by atoms with Gasteiger partial charge in [0.1, 0.15) is 6.04 Å². The van der Waals surface area contributed by atoms with Crippen LogP contribution >= 0.6 is 12.2 Å². The number of nitrogens with one attached hydrogen (secondary N) is 2. The fraction of sp³-hybridized carbons (Fsp3) is 0.537. The Morgan fingerprint density at radius 1 is 0.667 bits per heavy atom. The summed E-state index contributed by atoms with van der Waals surface area (Å²) in [5, 5.41) is 25.5. The van der Waals surface area contributed by atoms with E-state index >= 15 is 0 Å². The van der Waals surface area contributed by atoms with E-state index in [0.29, 0.717) is 90.9 Å². The lowest BCUT2D eigenvalue weighted by Gasteiger charge is -2.38. The van der Waals surface area contributed by atoms with E-state index in [1.54, 1.807) is 11.1 Å². The SMILES string of the molecule is CC(=O)[C@@H](CCC(=O)O)NC(=O)N[C@H](CCCCN(Cc1nccc2ccccc12)C(=O)CCCCCC(=S)Cc1ccc(CC2CN(CC(N)=O)CCN(CC(N)=O)CCN(CC(N)=O)CCN2CC(N)=O)cc1)C(=O)O. The lowest BCUT2D eigenvalue weighted by Crippen LogP contribution is -2.54. The van der Waals surface area contributed by atoms with Crippen molar-refractivity contribution in [3.8, 4) is 0 Å². The van der Waals surface area contributed by atoms with Crippen molar-refractivity contribution < 1.29 is 53.4 Å². The number of thiocarbonyl (C=S) groups is 1. The number of rotatable bonds is 32. The smallest absolute Gasteiger partial charge is 0.326 e. The van der Waals surface area contributed by atoms with E-state index < -0.39 is 59.5 Å². The molecule has 2 aromatic carbocycles. The van der Waals surface area contributed by atoms with Crippen LogP contribution in [-0.4, -0.2) is 195 Å². The van der Waals surface area contributed by atoms with Gasteiger partial charge in [-0.1, -0.05) is 67.2 Å². The van der Waals surface area contributed by atoms with Gasteiger partial charge < -0.3 is 48.7 Å². The Hall–Kier alpha value is -6.99. The second kappa shape index (κ2) is 33.3. The zero-order valence-electron chi connectivity index (χ0n) is 44.7. The molecule has 4 rings (SSSR count). The average Bonchev–Trinajstić information content (AvgIpc) is 3.37. The van der Waals surface area contributed by atoms with Gasteiger partial charge in [-0.05, 0) is 85.7 Å². The zero-order valence-corrected chi connectivity index (χ0v) is 45.5. The number of carbonyl (C=O) groups excluding carboxylic acids is 7. The van der Waals surface area contributed by atoms with Crippen LogP contribution < -0.4 is 33.6 Å². The molecule has 426 valence electrons. The van der Waals surface area contributed by atoms with Gasteiger partial charge in [-0.25, -0.2) is 9.59 Å². The average molecular weight is 1100 g/mol. The van der Waals surface area contributed by atoms with Crippen LogP contribution in [0.25, 0.3) is 10.8 Å². The van der Waals surface area contributed by atoms with Gasteiger partial charge in [-0.3, -0.25) is 58.1 Å². The Kier molecular flexibility index (Phi) is 27.2. The maximum absolute atomic E-state index is 13.9. The maximum atomic E-state index is 13.9. The minimum atomic E-state index is -1.29. The van der Waals surface area contributed by atoms with Crippen LogP contribution in [0.4, 0.5) is 4.79 Å². The van der Waals surface area contributed by atoms with Crippen LogP contribution in [0.2, 0.25) is 0 Å². The molecule has 7 amide bonds. The predicted octanol–water partition coefficient (Wildman–Crippen LogP) is 0.946. The van der Waals surface area contributed by atoms with Gasteiger partial charge in [0, 0.05) is 89.2 Å². The number of pyridine rings is 1. The first-order valence-corrected chi connectivity index (χ1v) is 26.8. The number of amides is 7. The summed E-state index contributed by atoms with van der Waals surface area (Å²) in [7, 11) is 0. The second-order valence-electron chi connectivity index (χ2n) is 20.0. The Morgan fingerprint density at radius 3 is 1.86 bits per heavy atom. The third kappa shape index (κ3) is 24.1. The third-order valence-electron chi connectivity index (χ3n) is 13.6. The Balaban J connectivity index is 1.34. The summed E-state index contributed by atoms with van der Waals surface area (Å²) >= 11 is 5.83. The van der Waals surface area contributed by atoms with Crippen molar-refractivity contribution in [2.75, 3.05) is 78.5 Å². The molecule has 0 bridgehead atoms. The number of carboxylic acids is 2. The highest BCUT2D eigenvalue weighted by molar-refractivity contribution is 7.80. The van der Waals surface area contributed by atoms with Crippen LogP contribution in [0, 0.1) is 0 Å². The van der Waals surface area contributed by atoms with Gasteiger partial charge in [0.2, 0.25) is 29.5 Å². The quantitative estimate of drug-likeness (QED) is 0.0319. The summed E-state index contributed by atoms with van der Waals surface area (Å²) in [5.74, 6) is -5.05. The van der Waals surface area contributed by atoms with Gasteiger partial charge in [0.25, 0.3) is 0 Å². The number of primary amides is 4. The Bertz CT molecular complexity index is 2530. The largest absolute Gasteiger partial charge is 0.481 e. The Morgan fingerprint density at radius 2 is 1.24 bits per heavy atom. The topological polar surface area (TPSA) is 351 Å². The number of aromatic nitrogens is 1. The first kappa shape index (κ1) is 63.5. The molecular weight excluding hydrogens is 1020 g/mol. The number of hydrogen-bond donors (Lipinski definition) is 8. The number of Topliss-reactive ketones (excluding diaryl/α,β-unsaturated/α-hetero) is 1. The number of hydrogen-bond acceptors (Lipinski definition) is 15. The van der Waals surface area contributed by atoms with E-state index in [-0.39, 0.29) is 70.4 Å². The number of nitrogens with two attached hydrogens (primary N) is 4. The molecule has 1 fully saturated rings. The molecular formula is C54H78N12O11S. The molecule has 1 aliphatic heterocycles. The van der Waals surface area contributed by atoms with Crippen molar-refractivity contribution in [2.45, 2.75) is 109 Å². The van der Waals surface area contributed by atoms with Crippen molar-refractivity contribution in [1.29, 1.82) is 0 Å². The summed E-state index contributed by atoms with van der Waals surface area (Å²) in [6.07, 6.45) is 6.14. The highest BCUT2D eigenvalue weighted by atomic mass is 32.1. The van der Waals surface area contributed by atoms with Crippen molar-refractivity contribution in [3.63, 3.8) is 0 Å². The van der Waals surface area contributed by atoms with Crippen molar-refractivity contribution >= 4 is 81.1 Å². The minimum absolute atomic E-state index is 0.0152. The van der Waals surface area contributed by atoms with Gasteiger partial charge in [0.15, 0.2) is 5.78 Å². The predicted molar refractivity (Wildman–Crippen MR) is 296 cm³/mol. The number of unbranched alkanes of at least 4 members (excludes halogenated alkanes) is 3. The van der Waals surface area contributed by atoms with Crippen LogP contribution in [-0.2, 0) is 57.7 Å². The van der Waals surface area contributed by atoms with Crippen LogP contribution in [0.5, 0.6) is 0 Å². The van der Waals surface area contributed by atoms with Gasteiger partial charge >= 0.3 is 18.0 Å². The molecule has 1 aliphatic rings. The normalized spacial score (nSPS) is 15.9. The molecule has 78 heavy (non-hydrogen) atoms. The molecule has 1 aromatic heterocycles. The molecule has 23 nitrogen and oxygen atoms in total. The summed E-state index contributed by atoms with van der Waals surface area (Å²) < 4.78 is 0. The number of urea groups is 1. The first-order valence-electron chi connectivity index (χ1n) is 26.4. The summed E-state index contributed by atoms with van der Waals surface area (Å²) in [4.78, 5) is 125. The number of benzene rings is 2. The second-order valence-corrected chi connectivity index (χ2v) is 20.5. The fourth-order valence-corrected chi connectivity index (χ4v) is 9.79. The summed E-state index contributed by atoms with van der Waals surface area (Å²) in [6.45, 7) is 4.24. The van der Waals surface area contributed by atoms with Gasteiger partial charge in [-0.15, -0.1) is 0 Å². The van der Waals surface area contributed by atoms with Gasteiger partial charge in [-0.2, -0.15) is 0 Å². The monoisotopic (exact) mass is 1100 g/mol.